The van der Waals surface area contributed by atoms with Gasteiger partial charge in [0.15, 0.2) is 5.84 Å². The maximum Gasteiger partial charge on any atom is 0.414 e. The number of cyclic esters (lactones) is 1. The van der Waals surface area contributed by atoms with Crippen molar-refractivity contribution in [2.24, 2.45) is 10.9 Å². The topological polar surface area (TPSA) is 90.0 Å². The van der Waals surface area contributed by atoms with Gasteiger partial charge in [0.1, 0.15) is 18.9 Å². The van der Waals surface area contributed by atoms with Crippen molar-refractivity contribution in [3.63, 3.8) is 0 Å². The van der Waals surface area contributed by atoms with Crippen LogP contribution >= 0.6 is 0 Å². The molecule has 0 atom stereocenters. The molecule has 1 amide bonds. The van der Waals surface area contributed by atoms with Crippen molar-refractivity contribution < 1.29 is 14.4 Å². The molecule has 1 aliphatic rings. The van der Waals surface area contributed by atoms with E-state index >= 15 is 0 Å². The molecule has 0 saturated carbocycles. The lowest BCUT2D eigenvalue weighted by Crippen LogP contribution is -2.25. The summed E-state index contributed by atoms with van der Waals surface area (Å²) >= 11 is 0. The van der Waals surface area contributed by atoms with Crippen LogP contribution in [0.2, 0.25) is 0 Å². The van der Waals surface area contributed by atoms with Crippen molar-refractivity contribution in [3.05, 3.63) is 23.5 Å². The van der Waals surface area contributed by atoms with Crippen LogP contribution in [0.1, 0.15) is 18.3 Å². The molecule has 1 fully saturated rings. The Kier molecular flexibility index (Phi) is 3.84. The summed E-state index contributed by atoms with van der Waals surface area (Å²) < 4.78 is 4.90. The molecular weight excluding hydrogens is 248 g/mol. The lowest BCUT2D eigenvalue weighted by Gasteiger charge is -2.15. The molecule has 2 N–H and O–H groups in total. The lowest BCUT2D eigenvalue weighted by atomic mass is 10.2. The van der Waals surface area contributed by atoms with Crippen LogP contribution in [0.5, 0.6) is 0 Å². The highest BCUT2D eigenvalue weighted by Crippen LogP contribution is 2.21. The maximum atomic E-state index is 11.5. The molecule has 0 unspecified atom stereocenters. The zero-order valence-electron chi connectivity index (χ0n) is 10.9. The molecule has 1 aromatic heterocycles. The van der Waals surface area contributed by atoms with Gasteiger partial charge in [-0.15, -0.1) is 0 Å². The highest BCUT2D eigenvalue weighted by atomic mass is 16.6. The van der Waals surface area contributed by atoms with Gasteiger partial charge < -0.3 is 15.3 Å². The molecule has 7 nitrogen and oxygen atoms in total. The smallest absolute Gasteiger partial charge is 0.414 e. The first-order valence-electron chi connectivity index (χ1n) is 6.01. The Bertz CT molecular complexity index is 516. The van der Waals surface area contributed by atoms with Gasteiger partial charge in [-0.2, -0.15) is 0 Å². The fraction of sp³-hybridized carbons (Fsp3) is 0.417. The number of amidine groups is 1. The average molecular weight is 264 g/mol. The van der Waals surface area contributed by atoms with Crippen LogP contribution in [0.25, 0.3) is 0 Å². The number of hydrogen-bond acceptors (Lipinski definition) is 5. The van der Waals surface area contributed by atoms with E-state index in [0.29, 0.717) is 31.1 Å². The zero-order chi connectivity index (χ0) is 13.8. The number of anilines is 1. The Hall–Kier alpha value is -2.31. The van der Waals surface area contributed by atoms with E-state index in [1.165, 1.54) is 0 Å². The normalized spacial score (nSPS) is 15.6. The molecule has 7 heteroatoms. The predicted octanol–water partition coefficient (Wildman–Crippen LogP) is 1.00. The van der Waals surface area contributed by atoms with E-state index in [2.05, 4.69) is 10.1 Å². The van der Waals surface area contributed by atoms with Gasteiger partial charge in [0.25, 0.3) is 0 Å². The molecule has 1 saturated heterocycles. The number of nitrogens with two attached hydrogens (primary N) is 1. The number of rotatable bonds is 4. The number of oxime groups is 1. The molecule has 0 aromatic carbocycles. The molecule has 1 aliphatic heterocycles. The second-order valence-electron chi connectivity index (χ2n) is 3.96. The van der Waals surface area contributed by atoms with Crippen molar-refractivity contribution >= 4 is 17.6 Å². The van der Waals surface area contributed by atoms with E-state index in [1.807, 2.05) is 6.92 Å². The van der Waals surface area contributed by atoms with E-state index in [1.54, 1.807) is 24.0 Å². The first kappa shape index (κ1) is 13.1. The first-order valence-corrected chi connectivity index (χ1v) is 6.01. The fourth-order valence-corrected chi connectivity index (χ4v) is 1.77. The molecular formula is C12H16N4O3. The largest absolute Gasteiger partial charge is 0.447 e. The summed E-state index contributed by atoms with van der Waals surface area (Å²) in [5.41, 5.74) is 7.66. The molecule has 1 aromatic rings. The second kappa shape index (κ2) is 5.55. The lowest BCUT2D eigenvalue weighted by molar-refractivity contribution is 0.158. The molecule has 2 rings (SSSR count). The number of carbonyl (C=O) groups is 1. The number of amides is 1. The van der Waals surface area contributed by atoms with Crippen LogP contribution in [0.4, 0.5) is 10.5 Å². The van der Waals surface area contributed by atoms with Crippen LogP contribution in [0.3, 0.4) is 0 Å². The summed E-state index contributed by atoms with van der Waals surface area (Å²) in [6, 6.07) is 3.48. The summed E-state index contributed by atoms with van der Waals surface area (Å²) in [5, 5.41) is 3.72. The van der Waals surface area contributed by atoms with Crippen molar-refractivity contribution in [1.82, 2.24) is 4.98 Å². The molecule has 2 heterocycles. The summed E-state index contributed by atoms with van der Waals surface area (Å²) in [6.07, 6.45) is -0.353. The number of aryl methyl sites for hydroxylation is 1. The minimum absolute atomic E-state index is 0.209. The van der Waals surface area contributed by atoms with Gasteiger partial charge in [-0.3, -0.25) is 4.90 Å². The summed E-state index contributed by atoms with van der Waals surface area (Å²) in [5.74, 6) is 0.209. The molecule has 102 valence electrons. The summed E-state index contributed by atoms with van der Waals surface area (Å²) in [6.45, 7) is 4.99. The quantitative estimate of drug-likeness (QED) is 0.498. The minimum atomic E-state index is -0.353. The molecule has 0 radical (unpaired) electrons. The monoisotopic (exact) mass is 264 g/mol. The molecule has 0 spiro atoms. The standard InChI is InChI=1S/C12H16N4O3/c1-3-19-15-11(13)9-4-5-10(8(2)14-9)16-6-7-18-12(16)17/h4-5H,3,6-7H2,1-2H3,(H2,13,15). The molecule has 0 aliphatic carbocycles. The van der Waals surface area contributed by atoms with Crippen molar-refractivity contribution in [1.29, 1.82) is 0 Å². The Balaban J connectivity index is 2.24. The predicted molar refractivity (Wildman–Crippen MR) is 70.0 cm³/mol. The van der Waals surface area contributed by atoms with E-state index in [0.717, 1.165) is 5.69 Å². The highest BCUT2D eigenvalue weighted by Gasteiger charge is 2.25. The minimum Gasteiger partial charge on any atom is -0.447 e. The van der Waals surface area contributed by atoms with Crippen LogP contribution in [-0.2, 0) is 9.57 Å². The van der Waals surface area contributed by atoms with Gasteiger partial charge in [0, 0.05) is 0 Å². The van der Waals surface area contributed by atoms with E-state index in [-0.39, 0.29) is 11.9 Å². The van der Waals surface area contributed by atoms with Gasteiger partial charge in [-0.1, -0.05) is 5.16 Å². The van der Waals surface area contributed by atoms with Crippen molar-refractivity contribution in [3.8, 4) is 0 Å². The average Bonchev–Trinajstić information content (AvgIpc) is 2.82. The Labute approximate surface area is 111 Å². The number of ether oxygens (including phenoxy) is 1. The van der Waals surface area contributed by atoms with Gasteiger partial charge in [-0.25, -0.2) is 9.78 Å². The van der Waals surface area contributed by atoms with E-state index < -0.39 is 0 Å². The van der Waals surface area contributed by atoms with Gasteiger partial charge in [0.2, 0.25) is 0 Å². The number of pyridine rings is 1. The van der Waals surface area contributed by atoms with Gasteiger partial charge in [-0.05, 0) is 26.0 Å². The van der Waals surface area contributed by atoms with Gasteiger partial charge >= 0.3 is 6.09 Å². The third-order valence-electron chi connectivity index (χ3n) is 2.66. The Morgan fingerprint density at radius 1 is 1.63 bits per heavy atom. The third-order valence-corrected chi connectivity index (χ3v) is 2.66. The number of nitrogens with zero attached hydrogens (tertiary/aromatic N) is 3. The summed E-state index contributed by atoms with van der Waals surface area (Å²) in [4.78, 5) is 22.2. The Morgan fingerprint density at radius 3 is 3.00 bits per heavy atom. The van der Waals surface area contributed by atoms with Crippen LogP contribution in [0, 0.1) is 6.92 Å². The highest BCUT2D eigenvalue weighted by molar-refractivity contribution is 5.96. The van der Waals surface area contributed by atoms with Gasteiger partial charge in [0.05, 0.1) is 17.9 Å². The third kappa shape index (κ3) is 2.75. The van der Waals surface area contributed by atoms with E-state index in [4.69, 9.17) is 15.3 Å². The number of aromatic nitrogens is 1. The molecule has 19 heavy (non-hydrogen) atoms. The van der Waals surface area contributed by atoms with Crippen LogP contribution in [-0.4, -0.2) is 36.7 Å². The van der Waals surface area contributed by atoms with Crippen molar-refractivity contribution in [2.75, 3.05) is 24.7 Å². The molecule has 0 bridgehead atoms. The maximum absolute atomic E-state index is 11.5. The Morgan fingerprint density at radius 2 is 2.42 bits per heavy atom. The van der Waals surface area contributed by atoms with Crippen molar-refractivity contribution in [2.45, 2.75) is 13.8 Å². The SMILES string of the molecule is CCON=C(N)c1ccc(N2CCOC2=O)c(C)n1. The van der Waals surface area contributed by atoms with Crippen LogP contribution in [0.15, 0.2) is 17.3 Å². The number of hydrogen-bond donors (Lipinski definition) is 1. The van der Waals surface area contributed by atoms with Crippen LogP contribution < -0.4 is 10.6 Å². The zero-order valence-corrected chi connectivity index (χ0v) is 10.9. The first-order chi connectivity index (χ1) is 9.13. The summed E-state index contributed by atoms with van der Waals surface area (Å²) in [7, 11) is 0. The fourth-order valence-electron chi connectivity index (χ4n) is 1.77. The number of carbonyl (C=O) groups excluding carboxylic acids is 1. The second-order valence-corrected chi connectivity index (χ2v) is 3.96. The van der Waals surface area contributed by atoms with E-state index in [9.17, 15) is 4.79 Å².